The summed E-state index contributed by atoms with van der Waals surface area (Å²) in [7, 11) is 0. The largest absolute Gasteiger partial charge is 0.349 e. The van der Waals surface area contributed by atoms with Crippen molar-refractivity contribution in [2.75, 3.05) is 6.54 Å². The lowest BCUT2D eigenvalue weighted by Crippen LogP contribution is -2.50. The maximum absolute atomic E-state index is 12.6. The van der Waals surface area contributed by atoms with Gasteiger partial charge in [-0.15, -0.1) is 0 Å². The number of aromatic nitrogens is 2. The van der Waals surface area contributed by atoms with Crippen LogP contribution in [0.2, 0.25) is 0 Å². The minimum Gasteiger partial charge on any atom is -0.349 e. The number of carbonyl (C=O) groups excluding carboxylic acids is 1. The third-order valence-corrected chi connectivity index (χ3v) is 4.23. The SMILES string of the molecule is CCN1Cc2ccccc2CC1C(=O)NCc1nonc1C. The van der Waals surface area contributed by atoms with E-state index in [2.05, 4.69) is 44.2 Å². The Morgan fingerprint density at radius 1 is 1.36 bits per heavy atom. The first kappa shape index (κ1) is 14.7. The van der Waals surface area contributed by atoms with Crippen LogP contribution in [-0.2, 0) is 24.3 Å². The highest BCUT2D eigenvalue weighted by molar-refractivity contribution is 5.82. The number of likely N-dealkylation sites (N-methyl/N-ethyl adjacent to an activating group) is 1. The van der Waals surface area contributed by atoms with E-state index in [1.54, 1.807) is 0 Å². The van der Waals surface area contributed by atoms with Crippen LogP contribution in [-0.4, -0.2) is 33.7 Å². The second-order valence-corrected chi connectivity index (χ2v) is 5.57. The van der Waals surface area contributed by atoms with Crippen LogP contribution in [0.4, 0.5) is 0 Å². The molecule has 3 rings (SSSR count). The van der Waals surface area contributed by atoms with Gasteiger partial charge in [0.15, 0.2) is 0 Å². The van der Waals surface area contributed by atoms with Gasteiger partial charge in [0, 0.05) is 6.54 Å². The average Bonchev–Trinajstić information content (AvgIpc) is 2.96. The smallest absolute Gasteiger partial charge is 0.238 e. The Morgan fingerprint density at radius 2 is 2.14 bits per heavy atom. The minimum atomic E-state index is -0.139. The number of hydrogen-bond acceptors (Lipinski definition) is 5. The van der Waals surface area contributed by atoms with Crippen LogP contribution in [0.25, 0.3) is 0 Å². The number of nitrogens with zero attached hydrogens (tertiary/aromatic N) is 3. The number of aryl methyl sites for hydroxylation is 1. The molecule has 6 heteroatoms. The van der Waals surface area contributed by atoms with Crippen LogP contribution >= 0.6 is 0 Å². The molecule has 0 bridgehead atoms. The predicted molar refractivity (Wildman–Crippen MR) is 80.9 cm³/mol. The number of benzene rings is 1. The fraction of sp³-hybridized carbons (Fsp3) is 0.438. The fourth-order valence-electron chi connectivity index (χ4n) is 2.87. The molecule has 1 aromatic heterocycles. The van der Waals surface area contributed by atoms with Gasteiger partial charge in [-0.2, -0.15) is 0 Å². The maximum atomic E-state index is 12.6. The maximum Gasteiger partial charge on any atom is 0.238 e. The molecule has 1 atom stereocenters. The Bertz CT molecular complexity index is 668. The summed E-state index contributed by atoms with van der Waals surface area (Å²) in [5.74, 6) is 0.0266. The van der Waals surface area contributed by atoms with Crippen molar-refractivity contribution in [3.8, 4) is 0 Å². The summed E-state index contributed by atoms with van der Waals surface area (Å²) in [6, 6.07) is 8.18. The molecule has 0 radical (unpaired) electrons. The van der Waals surface area contributed by atoms with Gasteiger partial charge < -0.3 is 5.32 Å². The summed E-state index contributed by atoms with van der Waals surface area (Å²) in [6.45, 7) is 5.91. The van der Waals surface area contributed by atoms with Crippen LogP contribution in [0.15, 0.2) is 28.9 Å². The third kappa shape index (κ3) is 2.87. The molecule has 0 aliphatic carbocycles. The average molecular weight is 300 g/mol. The van der Waals surface area contributed by atoms with Crippen molar-refractivity contribution in [1.29, 1.82) is 0 Å². The second-order valence-electron chi connectivity index (χ2n) is 5.57. The van der Waals surface area contributed by atoms with Gasteiger partial charge in [0.2, 0.25) is 5.91 Å². The van der Waals surface area contributed by atoms with Crippen LogP contribution in [0.3, 0.4) is 0 Å². The van der Waals surface area contributed by atoms with Gasteiger partial charge in [-0.1, -0.05) is 41.5 Å². The zero-order valence-electron chi connectivity index (χ0n) is 12.9. The summed E-state index contributed by atoms with van der Waals surface area (Å²) in [5.41, 5.74) is 3.95. The first-order chi connectivity index (χ1) is 10.7. The molecular weight excluding hydrogens is 280 g/mol. The molecule has 1 aliphatic rings. The monoisotopic (exact) mass is 300 g/mol. The normalized spacial score (nSPS) is 18.0. The Hall–Kier alpha value is -2.21. The van der Waals surface area contributed by atoms with Crippen molar-refractivity contribution in [2.45, 2.75) is 39.4 Å². The highest BCUT2D eigenvalue weighted by atomic mass is 16.6. The third-order valence-electron chi connectivity index (χ3n) is 4.23. The summed E-state index contributed by atoms with van der Waals surface area (Å²) in [4.78, 5) is 14.8. The van der Waals surface area contributed by atoms with Crippen molar-refractivity contribution in [2.24, 2.45) is 0 Å². The molecule has 2 aromatic rings. The van der Waals surface area contributed by atoms with E-state index >= 15 is 0 Å². The molecule has 1 amide bonds. The van der Waals surface area contributed by atoms with E-state index in [0.29, 0.717) is 17.9 Å². The molecule has 1 N–H and O–H groups in total. The van der Waals surface area contributed by atoms with Crippen molar-refractivity contribution in [1.82, 2.24) is 20.5 Å². The van der Waals surface area contributed by atoms with Crippen molar-refractivity contribution >= 4 is 5.91 Å². The molecule has 2 heterocycles. The van der Waals surface area contributed by atoms with E-state index in [4.69, 9.17) is 0 Å². The molecule has 6 nitrogen and oxygen atoms in total. The van der Waals surface area contributed by atoms with Gasteiger partial charge in [-0.25, -0.2) is 4.63 Å². The molecule has 22 heavy (non-hydrogen) atoms. The van der Waals surface area contributed by atoms with Gasteiger partial charge in [-0.3, -0.25) is 9.69 Å². The molecule has 1 aromatic carbocycles. The highest BCUT2D eigenvalue weighted by Gasteiger charge is 2.30. The Labute approximate surface area is 129 Å². The van der Waals surface area contributed by atoms with Gasteiger partial charge in [-0.05, 0) is 31.0 Å². The van der Waals surface area contributed by atoms with Crippen molar-refractivity contribution < 1.29 is 9.42 Å². The molecule has 0 fully saturated rings. The molecule has 0 spiro atoms. The predicted octanol–water partition coefficient (Wildman–Crippen LogP) is 1.44. The zero-order valence-corrected chi connectivity index (χ0v) is 12.9. The van der Waals surface area contributed by atoms with Crippen LogP contribution in [0, 0.1) is 6.92 Å². The summed E-state index contributed by atoms with van der Waals surface area (Å²) >= 11 is 0. The quantitative estimate of drug-likeness (QED) is 0.925. The first-order valence-corrected chi connectivity index (χ1v) is 7.55. The van der Waals surface area contributed by atoms with E-state index in [0.717, 1.165) is 19.5 Å². The van der Waals surface area contributed by atoms with E-state index in [-0.39, 0.29) is 11.9 Å². The van der Waals surface area contributed by atoms with E-state index in [1.165, 1.54) is 11.1 Å². The van der Waals surface area contributed by atoms with Crippen molar-refractivity contribution in [3.63, 3.8) is 0 Å². The topological polar surface area (TPSA) is 71.3 Å². The number of rotatable bonds is 4. The molecule has 116 valence electrons. The lowest BCUT2D eigenvalue weighted by atomic mass is 9.93. The number of nitrogens with one attached hydrogen (secondary N) is 1. The Kier molecular flexibility index (Phi) is 4.20. The van der Waals surface area contributed by atoms with E-state index in [9.17, 15) is 4.79 Å². The van der Waals surface area contributed by atoms with Crippen LogP contribution < -0.4 is 5.32 Å². The Balaban J connectivity index is 1.70. The molecular formula is C16H20N4O2. The highest BCUT2D eigenvalue weighted by Crippen LogP contribution is 2.23. The first-order valence-electron chi connectivity index (χ1n) is 7.55. The summed E-state index contributed by atoms with van der Waals surface area (Å²) in [6.07, 6.45) is 0.742. The van der Waals surface area contributed by atoms with Gasteiger partial charge in [0.25, 0.3) is 0 Å². The van der Waals surface area contributed by atoms with Gasteiger partial charge >= 0.3 is 0 Å². The molecule has 1 unspecified atom stereocenters. The summed E-state index contributed by atoms with van der Waals surface area (Å²) < 4.78 is 4.65. The van der Waals surface area contributed by atoms with E-state index in [1.807, 2.05) is 19.1 Å². The minimum absolute atomic E-state index is 0.0266. The standard InChI is InChI=1S/C16H20N4O2/c1-3-20-10-13-7-5-4-6-12(13)8-15(20)16(21)17-9-14-11(2)18-22-19-14/h4-7,15H,3,8-10H2,1-2H3,(H,17,21). The number of carbonyl (C=O) groups is 1. The van der Waals surface area contributed by atoms with Crippen LogP contribution in [0.1, 0.15) is 29.4 Å². The number of hydrogen-bond donors (Lipinski definition) is 1. The number of amides is 1. The second kappa shape index (κ2) is 6.27. The molecule has 0 saturated carbocycles. The lowest BCUT2D eigenvalue weighted by Gasteiger charge is -2.35. The lowest BCUT2D eigenvalue weighted by molar-refractivity contribution is -0.127. The zero-order chi connectivity index (χ0) is 15.5. The van der Waals surface area contributed by atoms with Crippen LogP contribution in [0.5, 0.6) is 0 Å². The van der Waals surface area contributed by atoms with E-state index < -0.39 is 0 Å². The van der Waals surface area contributed by atoms with Gasteiger partial charge in [0.1, 0.15) is 11.4 Å². The Morgan fingerprint density at radius 3 is 2.82 bits per heavy atom. The number of fused-ring (bicyclic) bond motifs is 1. The van der Waals surface area contributed by atoms with Gasteiger partial charge in [0.05, 0.1) is 12.6 Å². The molecule has 0 saturated heterocycles. The fourth-order valence-corrected chi connectivity index (χ4v) is 2.87. The molecule has 1 aliphatic heterocycles. The van der Waals surface area contributed by atoms with Crippen molar-refractivity contribution in [3.05, 3.63) is 46.8 Å². The summed E-state index contributed by atoms with van der Waals surface area (Å²) in [5, 5.41) is 10.5.